The Balaban J connectivity index is 1.93. The van der Waals surface area contributed by atoms with E-state index in [4.69, 9.17) is 5.11 Å². The molecule has 0 aromatic heterocycles. The minimum atomic E-state index is -0.761. The maximum atomic E-state index is 12.6. The van der Waals surface area contributed by atoms with E-state index >= 15 is 0 Å². The lowest BCUT2D eigenvalue weighted by atomic mass is 9.78. The molecule has 1 amide bonds. The molecule has 0 aliphatic carbocycles. The topological polar surface area (TPSA) is 69.6 Å². The summed E-state index contributed by atoms with van der Waals surface area (Å²) in [6.45, 7) is 6.74. The number of nitrogens with zero attached hydrogens (tertiary/aromatic N) is 1. The third-order valence-corrected chi connectivity index (χ3v) is 4.72. The Morgan fingerprint density at radius 3 is 2.63 bits per heavy atom. The normalized spacial score (nSPS) is 29.1. The molecule has 0 saturated carbocycles. The third kappa shape index (κ3) is 2.61. The molecule has 5 heteroatoms. The van der Waals surface area contributed by atoms with Gasteiger partial charge in [-0.05, 0) is 19.4 Å². The second-order valence-corrected chi connectivity index (χ2v) is 6.05. The highest BCUT2D eigenvalue weighted by atomic mass is 16.4. The fourth-order valence-electron chi connectivity index (χ4n) is 3.26. The summed E-state index contributed by atoms with van der Waals surface area (Å²) in [6, 6.07) is 0. The molecule has 5 nitrogen and oxygen atoms in total. The van der Waals surface area contributed by atoms with Crippen molar-refractivity contribution >= 4 is 11.9 Å². The number of carboxylic acid groups (broad SMARTS) is 1. The molecule has 2 saturated heterocycles. The largest absolute Gasteiger partial charge is 0.481 e. The van der Waals surface area contributed by atoms with Gasteiger partial charge in [0.15, 0.2) is 0 Å². The number of carbonyl (C=O) groups excluding carboxylic acids is 1. The molecule has 2 N–H and O–H groups in total. The van der Waals surface area contributed by atoms with E-state index in [1.54, 1.807) is 6.92 Å². The van der Waals surface area contributed by atoms with Gasteiger partial charge < -0.3 is 15.3 Å². The maximum absolute atomic E-state index is 12.6. The highest BCUT2D eigenvalue weighted by Crippen LogP contribution is 2.36. The zero-order valence-electron chi connectivity index (χ0n) is 11.8. The molecule has 0 bridgehead atoms. The van der Waals surface area contributed by atoms with E-state index in [-0.39, 0.29) is 23.2 Å². The number of hydrogen-bond donors (Lipinski definition) is 2. The Labute approximate surface area is 114 Å². The average molecular weight is 268 g/mol. The summed E-state index contributed by atoms with van der Waals surface area (Å²) in [5, 5.41) is 12.3. The lowest BCUT2D eigenvalue weighted by Gasteiger charge is -2.45. The van der Waals surface area contributed by atoms with E-state index in [1.165, 1.54) is 0 Å². The second kappa shape index (κ2) is 5.49. The summed E-state index contributed by atoms with van der Waals surface area (Å²) in [7, 11) is 0. The predicted molar refractivity (Wildman–Crippen MR) is 71.7 cm³/mol. The van der Waals surface area contributed by atoms with Gasteiger partial charge in [-0.3, -0.25) is 9.59 Å². The minimum absolute atomic E-state index is 0.120. The quantitative estimate of drug-likeness (QED) is 0.779. The van der Waals surface area contributed by atoms with Crippen molar-refractivity contribution in [2.75, 3.05) is 26.2 Å². The number of carboxylic acids is 1. The van der Waals surface area contributed by atoms with Gasteiger partial charge in [-0.15, -0.1) is 0 Å². The van der Waals surface area contributed by atoms with Gasteiger partial charge in [0.25, 0.3) is 0 Å². The first-order valence-electron chi connectivity index (χ1n) is 7.23. The molecule has 2 unspecified atom stereocenters. The molecular formula is C14H24N2O3. The standard InChI is InChI=1S/C14H24N2O3/c1-3-4-14(5-6-15-9-14)13(19)16-7-11(8-16)10(2)12(17)18/h10-11,15H,3-9H2,1-2H3,(H,17,18). The van der Waals surface area contributed by atoms with Crippen molar-refractivity contribution < 1.29 is 14.7 Å². The van der Waals surface area contributed by atoms with Crippen LogP contribution in [-0.4, -0.2) is 48.1 Å². The van der Waals surface area contributed by atoms with Crippen LogP contribution in [0.1, 0.15) is 33.1 Å². The Bertz CT molecular complexity index is 358. The van der Waals surface area contributed by atoms with Crippen molar-refractivity contribution in [3.63, 3.8) is 0 Å². The predicted octanol–water partition coefficient (Wildman–Crippen LogP) is 0.945. The number of likely N-dealkylation sites (tertiary alicyclic amines) is 1. The third-order valence-electron chi connectivity index (χ3n) is 4.72. The summed E-state index contributed by atoms with van der Waals surface area (Å²) in [6.07, 6.45) is 2.85. The molecule has 2 rings (SSSR count). The minimum Gasteiger partial charge on any atom is -0.481 e. The molecule has 0 spiro atoms. The number of hydrogen-bond acceptors (Lipinski definition) is 3. The summed E-state index contributed by atoms with van der Waals surface area (Å²) < 4.78 is 0. The summed E-state index contributed by atoms with van der Waals surface area (Å²) in [5.41, 5.74) is -0.230. The van der Waals surface area contributed by atoms with Crippen LogP contribution in [0.2, 0.25) is 0 Å². The van der Waals surface area contributed by atoms with E-state index in [0.717, 1.165) is 32.4 Å². The molecule has 0 aromatic rings. The van der Waals surface area contributed by atoms with E-state index in [0.29, 0.717) is 13.1 Å². The number of amides is 1. The smallest absolute Gasteiger partial charge is 0.306 e. The molecule has 2 heterocycles. The van der Waals surface area contributed by atoms with Gasteiger partial charge in [-0.2, -0.15) is 0 Å². The molecule has 2 aliphatic heterocycles. The second-order valence-electron chi connectivity index (χ2n) is 6.05. The Kier molecular flexibility index (Phi) is 4.13. The Morgan fingerprint density at radius 2 is 2.16 bits per heavy atom. The first-order valence-corrected chi connectivity index (χ1v) is 7.23. The highest BCUT2D eigenvalue weighted by molar-refractivity contribution is 5.84. The van der Waals surface area contributed by atoms with Crippen LogP contribution in [0.15, 0.2) is 0 Å². The van der Waals surface area contributed by atoms with Gasteiger partial charge in [-0.1, -0.05) is 20.3 Å². The fraction of sp³-hybridized carbons (Fsp3) is 0.857. The van der Waals surface area contributed by atoms with Gasteiger partial charge in [0.1, 0.15) is 0 Å². The van der Waals surface area contributed by atoms with Crippen LogP contribution in [0.25, 0.3) is 0 Å². The van der Waals surface area contributed by atoms with Crippen LogP contribution in [0.3, 0.4) is 0 Å². The molecule has 0 radical (unpaired) electrons. The first-order chi connectivity index (χ1) is 9.00. The summed E-state index contributed by atoms with van der Waals surface area (Å²) in [5.74, 6) is -0.765. The van der Waals surface area contributed by atoms with E-state index in [9.17, 15) is 9.59 Å². The Hall–Kier alpha value is -1.10. The van der Waals surface area contributed by atoms with Crippen molar-refractivity contribution in [3.05, 3.63) is 0 Å². The summed E-state index contributed by atoms with van der Waals surface area (Å²) in [4.78, 5) is 25.4. The fourth-order valence-corrected chi connectivity index (χ4v) is 3.26. The zero-order valence-corrected chi connectivity index (χ0v) is 11.8. The van der Waals surface area contributed by atoms with E-state index in [2.05, 4.69) is 12.2 Å². The number of nitrogens with one attached hydrogen (secondary N) is 1. The lowest BCUT2D eigenvalue weighted by Crippen LogP contribution is -2.58. The number of carbonyl (C=O) groups is 2. The van der Waals surface area contributed by atoms with Gasteiger partial charge in [0.2, 0.25) is 5.91 Å². The van der Waals surface area contributed by atoms with E-state index in [1.807, 2.05) is 4.90 Å². The van der Waals surface area contributed by atoms with Gasteiger partial charge >= 0.3 is 5.97 Å². The van der Waals surface area contributed by atoms with Gasteiger partial charge in [0, 0.05) is 25.6 Å². The van der Waals surface area contributed by atoms with Crippen LogP contribution >= 0.6 is 0 Å². The van der Waals surface area contributed by atoms with Crippen LogP contribution in [0.4, 0.5) is 0 Å². The SMILES string of the molecule is CCCC1(C(=O)N2CC(C(C)C(=O)O)C2)CCNC1. The van der Waals surface area contributed by atoms with Gasteiger partial charge in [-0.25, -0.2) is 0 Å². The van der Waals surface area contributed by atoms with Crippen molar-refractivity contribution in [1.82, 2.24) is 10.2 Å². The van der Waals surface area contributed by atoms with Crippen LogP contribution in [0.5, 0.6) is 0 Å². The first kappa shape index (κ1) is 14.3. The highest BCUT2D eigenvalue weighted by Gasteiger charge is 2.47. The van der Waals surface area contributed by atoms with E-state index < -0.39 is 5.97 Å². The molecule has 2 fully saturated rings. The molecule has 0 aromatic carbocycles. The molecule has 108 valence electrons. The molecule has 2 aliphatic rings. The monoisotopic (exact) mass is 268 g/mol. The van der Waals surface area contributed by atoms with Crippen molar-refractivity contribution in [1.29, 1.82) is 0 Å². The van der Waals surface area contributed by atoms with Crippen molar-refractivity contribution in [2.45, 2.75) is 33.1 Å². The molecular weight excluding hydrogens is 244 g/mol. The van der Waals surface area contributed by atoms with Crippen molar-refractivity contribution in [2.24, 2.45) is 17.3 Å². The maximum Gasteiger partial charge on any atom is 0.306 e. The van der Waals surface area contributed by atoms with Gasteiger partial charge in [0.05, 0.1) is 11.3 Å². The van der Waals surface area contributed by atoms with Crippen LogP contribution in [-0.2, 0) is 9.59 Å². The van der Waals surface area contributed by atoms with Crippen molar-refractivity contribution in [3.8, 4) is 0 Å². The lowest BCUT2D eigenvalue weighted by molar-refractivity contribution is -0.155. The number of aliphatic carboxylic acids is 1. The van der Waals surface area contributed by atoms with Crippen LogP contribution < -0.4 is 5.32 Å². The zero-order chi connectivity index (χ0) is 14.0. The number of rotatable bonds is 5. The molecule has 2 atom stereocenters. The average Bonchev–Trinajstić information content (AvgIpc) is 2.77. The Morgan fingerprint density at radius 1 is 1.47 bits per heavy atom. The summed E-state index contributed by atoms with van der Waals surface area (Å²) >= 11 is 0. The van der Waals surface area contributed by atoms with Crippen LogP contribution in [0, 0.1) is 17.3 Å². The molecule has 19 heavy (non-hydrogen) atoms.